The van der Waals surface area contributed by atoms with Crippen molar-refractivity contribution in [3.05, 3.63) is 23.8 Å². The second-order valence-corrected chi connectivity index (χ2v) is 4.33. The van der Waals surface area contributed by atoms with Gasteiger partial charge in [0.2, 0.25) is 6.08 Å². The molecule has 90 valence electrons. The number of ether oxygens (including phenoxy) is 1. The number of nitrogens with zero attached hydrogens (tertiary/aromatic N) is 1. The summed E-state index contributed by atoms with van der Waals surface area (Å²) < 4.78 is 5.28. The van der Waals surface area contributed by atoms with E-state index in [1.54, 1.807) is 31.4 Å². The molecule has 0 radical (unpaired) electrons. The summed E-state index contributed by atoms with van der Waals surface area (Å²) in [6, 6.07) is 4.89. The van der Waals surface area contributed by atoms with Crippen LogP contribution in [0.4, 0.5) is 0 Å². The van der Waals surface area contributed by atoms with Gasteiger partial charge in [0.15, 0.2) is 0 Å². The van der Waals surface area contributed by atoms with Gasteiger partial charge >= 0.3 is 0 Å². The van der Waals surface area contributed by atoms with Crippen LogP contribution < -0.4 is 4.74 Å². The van der Waals surface area contributed by atoms with E-state index in [1.165, 1.54) is 0 Å². The molecule has 0 spiro atoms. The van der Waals surface area contributed by atoms with Crippen LogP contribution in [0.2, 0.25) is 0 Å². The molecule has 17 heavy (non-hydrogen) atoms. The third-order valence-electron chi connectivity index (χ3n) is 3.37. The summed E-state index contributed by atoms with van der Waals surface area (Å²) in [5.74, 6) is 0.817. The topological polar surface area (TPSA) is 58.9 Å². The Labute approximate surface area is 99.9 Å². The highest BCUT2D eigenvalue weighted by Crippen LogP contribution is 2.46. The quantitative estimate of drug-likeness (QED) is 0.644. The highest BCUT2D eigenvalue weighted by molar-refractivity contribution is 5.47. The molecule has 1 aromatic carbocycles. The fourth-order valence-electron chi connectivity index (χ4n) is 2.55. The Hall–Kier alpha value is -1.80. The predicted octanol–water partition coefficient (Wildman–Crippen LogP) is 2.51. The van der Waals surface area contributed by atoms with Gasteiger partial charge in [-0.15, -0.1) is 0 Å². The average Bonchev–Trinajstić information content (AvgIpc) is 2.79. The fourth-order valence-corrected chi connectivity index (χ4v) is 2.55. The number of benzene rings is 1. The summed E-state index contributed by atoms with van der Waals surface area (Å²) in [5.41, 5.74) is 0.215. The number of phenols is 1. The van der Waals surface area contributed by atoms with Gasteiger partial charge in [0, 0.05) is 5.56 Å². The van der Waals surface area contributed by atoms with E-state index >= 15 is 0 Å². The van der Waals surface area contributed by atoms with E-state index in [0.717, 1.165) is 31.2 Å². The summed E-state index contributed by atoms with van der Waals surface area (Å²) in [7, 11) is 1.57. The Balaban J connectivity index is 2.56. The zero-order chi connectivity index (χ0) is 12.3. The molecule has 1 aliphatic rings. The third-order valence-corrected chi connectivity index (χ3v) is 3.37. The Morgan fingerprint density at radius 2 is 2.12 bits per heavy atom. The molecule has 0 unspecified atom stereocenters. The van der Waals surface area contributed by atoms with Crippen LogP contribution in [0, 0.1) is 0 Å². The number of aromatic hydroxyl groups is 1. The van der Waals surface area contributed by atoms with Crippen molar-refractivity contribution < 1.29 is 14.6 Å². The van der Waals surface area contributed by atoms with Crippen LogP contribution in [0.1, 0.15) is 31.2 Å². The van der Waals surface area contributed by atoms with E-state index in [2.05, 4.69) is 4.99 Å². The summed E-state index contributed by atoms with van der Waals surface area (Å²) in [6.45, 7) is 0. The van der Waals surface area contributed by atoms with Gasteiger partial charge < -0.3 is 9.84 Å². The maximum absolute atomic E-state index is 10.6. The van der Waals surface area contributed by atoms with Crippen LogP contribution in [0.25, 0.3) is 0 Å². The standard InChI is InChI=1S/C13H15NO3/c1-17-12-5-4-10(16)8-11(12)13(14-9-15)6-2-3-7-13/h4-5,8,16H,2-3,6-7H2,1H3. The maximum atomic E-state index is 10.6. The Kier molecular flexibility index (Phi) is 3.16. The highest BCUT2D eigenvalue weighted by Gasteiger charge is 2.38. The second-order valence-electron chi connectivity index (χ2n) is 4.33. The van der Waals surface area contributed by atoms with Crippen LogP contribution in [0.15, 0.2) is 23.2 Å². The molecule has 0 bridgehead atoms. The van der Waals surface area contributed by atoms with Crippen LogP contribution in [0.5, 0.6) is 11.5 Å². The molecule has 0 aromatic heterocycles. The summed E-state index contributed by atoms with van der Waals surface area (Å²) in [5, 5.41) is 9.58. The smallest absolute Gasteiger partial charge is 0.235 e. The molecule has 0 heterocycles. The number of rotatable bonds is 3. The molecular formula is C13H15NO3. The third kappa shape index (κ3) is 2.04. The number of carbonyl (C=O) groups excluding carboxylic acids is 1. The molecule has 1 fully saturated rings. The number of aliphatic imine (C=N–C) groups is 1. The second kappa shape index (κ2) is 4.60. The molecule has 1 aliphatic carbocycles. The Morgan fingerprint density at radius 3 is 2.71 bits per heavy atom. The molecule has 0 aliphatic heterocycles. The maximum Gasteiger partial charge on any atom is 0.235 e. The molecule has 1 aromatic rings. The minimum absolute atomic E-state index is 0.160. The van der Waals surface area contributed by atoms with Crippen LogP contribution in [-0.2, 0) is 10.3 Å². The Morgan fingerprint density at radius 1 is 1.41 bits per heavy atom. The van der Waals surface area contributed by atoms with E-state index < -0.39 is 5.54 Å². The molecule has 0 amide bonds. The lowest BCUT2D eigenvalue weighted by molar-refractivity contribution is 0.375. The molecule has 1 saturated carbocycles. The molecular weight excluding hydrogens is 218 g/mol. The summed E-state index contributed by atoms with van der Waals surface area (Å²) in [4.78, 5) is 14.6. The van der Waals surface area contributed by atoms with Gasteiger partial charge in [-0.2, -0.15) is 4.99 Å². The minimum Gasteiger partial charge on any atom is -0.508 e. The SMILES string of the molecule is COc1ccc(O)cc1C1(N=C=O)CCCC1. The van der Waals surface area contributed by atoms with E-state index in [0.29, 0.717) is 5.75 Å². The highest BCUT2D eigenvalue weighted by atomic mass is 16.5. The molecule has 4 heteroatoms. The van der Waals surface area contributed by atoms with Crippen LogP contribution in [0.3, 0.4) is 0 Å². The zero-order valence-corrected chi connectivity index (χ0v) is 9.77. The summed E-state index contributed by atoms with van der Waals surface area (Å²) >= 11 is 0. The van der Waals surface area contributed by atoms with Gasteiger partial charge in [-0.05, 0) is 31.0 Å². The predicted molar refractivity (Wildman–Crippen MR) is 62.9 cm³/mol. The first-order valence-corrected chi connectivity index (χ1v) is 5.68. The van der Waals surface area contributed by atoms with Crippen molar-refractivity contribution in [3.63, 3.8) is 0 Å². The van der Waals surface area contributed by atoms with Crippen LogP contribution in [-0.4, -0.2) is 18.3 Å². The Bertz CT molecular complexity index is 458. The molecule has 0 atom stereocenters. The molecule has 0 saturated heterocycles. The minimum atomic E-state index is -0.564. The molecule has 2 rings (SSSR count). The number of hydrogen-bond donors (Lipinski definition) is 1. The monoisotopic (exact) mass is 233 g/mol. The van der Waals surface area contributed by atoms with Crippen molar-refractivity contribution in [1.29, 1.82) is 0 Å². The normalized spacial score (nSPS) is 17.5. The average molecular weight is 233 g/mol. The molecule has 1 N–H and O–H groups in total. The lowest BCUT2D eigenvalue weighted by Crippen LogP contribution is -2.19. The van der Waals surface area contributed by atoms with Crippen molar-refractivity contribution in [1.82, 2.24) is 0 Å². The van der Waals surface area contributed by atoms with Crippen molar-refractivity contribution >= 4 is 6.08 Å². The first-order valence-electron chi connectivity index (χ1n) is 5.68. The fraction of sp³-hybridized carbons (Fsp3) is 0.462. The van der Waals surface area contributed by atoms with Gasteiger partial charge in [0.25, 0.3) is 0 Å². The van der Waals surface area contributed by atoms with Gasteiger partial charge in [0.05, 0.1) is 7.11 Å². The molecule has 4 nitrogen and oxygen atoms in total. The van der Waals surface area contributed by atoms with Gasteiger partial charge in [0.1, 0.15) is 17.0 Å². The van der Waals surface area contributed by atoms with Crippen molar-refractivity contribution in [3.8, 4) is 11.5 Å². The first kappa shape index (κ1) is 11.7. The van der Waals surface area contributed by atoms with Gasteiger partial charge in [-0.1, -0.05) is 12.8 Å². The lowest BCUT2D eigenvalue weighted by atomic mass is 9.88. The summed E-state index contributed by atoms with van der Waals surface area (Å²) in [6.07, 6.45) is 5.28. The number of isocyanates is 1. The van der Waals surface area contributed by atoms with Crippen molar-refractivity contribution in [2.75, 3.05) is 7.11 Å². The van der Waals surface area contributed by atoms with Crippen molar-refractivity contribution in [2.45, 2.75) is 31.2 Å². The first-order chi connectivity index (χ1) is 8.22. The number of phenolic OH excluding ortho intramolecular Hbond substituents is 1. The number of hydrogen-bond acceptors (Lipinski definition) is 4. The van der Waals surface area contributed by atoms with E-state index in [-0.39, 0.29) is 5.75 Å². The van der Waals surface area contributed by atoms with E-state index in [9.17, 15) is 9.90 Å². The number of methoxy groups -OCH3 is 1. The largest absolute Gasteiger partial charge is 0.508 e. The van der Waals surface area contributed by atoms with Gasteiger partial charge in [-0.25, -0.2) is 4.79 Å². The van der Waals surface area contributed by atoms with Crippen molar-refractivity contribution in [2.24, 2.45) is 4.99 Å². The van der Waals surface area contributed by atoms with E-state index in [4.69, 9.17) is 4.74 Å². The zero-order valence-electron chi connectivity index (χ0n) is 9.77. The van der Waals surface area contributed by atoms with E-state index in [1.807, 2.05) is 0 Å². The lowest BCUT2D eigenvalue weighted by Gasteiger charge is -2.25. The van der Waals surface area contributed by atoms with Gasteiger partial charge in [-0.3, -0.25) is 0 Å². The van der Waals surface area contributed by atoms with Crippen LogP contribution >= 0.6 is 0 Å².